The zero-order chi connectivity index (χ0) is 9.26. The van der Waals surface area contributed by atoms with Gasteiger partial charge in [-0.15, -0.1) is 0 Å². The summed E-state index contributed by atoms with van der Waals surface area (Å²) in [5.41, 5.74) is 6.02. The number of nitrogens with two attached hydrogens (primary N) is 1. The average molecular weight is 194 g/mol. The van der Waals surface area contributed by atoms with Crippen molar-refractivity contribution in [3.8, 4) is 6.07 Å². The first-order valence-electron chi connectivity index (χ1n) is 4.23. The quantitative estimate of drug-likeness (QED) is 0.749. The molecule has 0 bridgehead atoms. The van der Waals surface area contributed by atoms with Gasteiger partial charge in [0.2, 0.25) is 0 Å². The average Bonchev–Trinajstić information content (AvgIpc) is 2.39. The Morgan fingerprint density at radius 1 is 1.62 bits per heavy atom. The molecule has 0 unspecified atom stereocenters. The van der Waals surface area contributed by atoms with E-state index in [0.717, 1.165) is 5.00 Å². The van der Waals surface area contributed by atoms with E-state index in [1.807, 2.05) is 0 Å². The summed E-state index contributed by atoms with van der Waals surface area (Å²) in [6.45, 7) is 0. The lowest BCUT2D eigenvalue weighted by atomic mass is 9.93. The standard InChI is InChI=1S/C8H10N4S/c9-4-6-7(10)12-13-8(6)11-5-2-1-3-5/h5,11H,1-3H2,(H2,10,12). The van der Waals surface area contributed by atoms with Crippen molar-refractivity contribution in [3.05, 3.63) is 5.56 Å². The predicted octanol–water partition coefficient (Wildman–Crippen LogP) is 1.56. The molecule has 68 valence electrons. The summed E-state index contributed by atoms with van der Waals surface area (Å²) in [5.74, 6) is 0.342. The van der Waals surface area contributed by atoms with E-state index in [1.165, 1.54) is 30.8 Å². The summed E-state index contributed by atoms with van der Waals surface area (Å²) >= 11 is 1.27. The number of rotatable bonds is 2. The Balaban J connectivity index is 2.15. The monoisotopic (exact) mass is 194 g/mol. The van der Waals surface area contributed by atoms with Gasteiger partial charge in [0.15, 0.2) is 5.82 Å². The molecule has 5 heteroatoms. The van der Waals surface area contributed by atoms with Crippen LogP contribution in [0.4, 0.5) is 10.8 Å². The number of nitrogens with one attached hydrogen (secondary N) is 1. The molecular weight excluding hydrogens is 184 g/mol. The predicted molar refractivity (Wildman–Crippen MR) is 52.5 cm³/mol. The number of aromatic nitrogens is 1. The molecule has 0 spiro atoms. The fraction of sp³-hybridized carbons (Fsp3) is 0.500. The number of nitrogen functional groups attached to an aromatic ring is 1. The molecule has 0 atom stereocenters. The minimum atomic E-state index is 0.342. The molecule has 1 heterocycles. The van der Waals surface area contributed by atoms with E-state index in [-0.39, 0.29) is 0 Å². The van der Waals surface area contributed by atoms with Crippen LogP contribution in [0.25, 0.3) is 0 Å². The zero-order valence-corrected chi connectivity index (χ0v) is 7.90. The van der Waals surface area contributed by atoms with Crippen molar-refractivity contribution in [2.24, 2.45) is 0 Å². The van der Waals surface area contributed by atoms with Crippen molar-refractivity contribution in [1.82, 2.24) is 4.37 Å². The summed E-state index contributed by atoms with van der Waals surface area (Å²) in [6.07, 6.45) is 3.64. The molecule has 1 saturated carbocycles. The SMILES string of the molecule is N#Cc1c(N)nsc1NC1CCC1. The van der Waals surface area contributed by atoms with Gasteiger partial charge in [0.1, 0.15) is 16.6 Å². The van der Waals surface area contributed by atoms with Crippen molar-refractivity contribution in [2.45, 2.75) is 25.3 Å². The van der Waals surface area contributed by atoms with Crippen LogP contribution in [-0.4, -0.2) is 10.4 Å². The molecule has 0 amide bonds. The Labute approximate surface area is 80.5 Å². The second-order valence-corrected chi connectivity index (χ2v) is 3.93. The topological polar surface area (TPSA) is 74.7 Å². The molecule has 13 heavy (non-hydrogen) atoms. The third-order valence-electron chi connectivity index (χ3n) is 2.27. The van der Waals surface area contributed by atoms with Gasteiger partial charge in [0.05, 0.1) is 0 Å². The van der Waals surface area contributed by atoms with E-state index in [2.05, 4.69) is 15.8 Å². The van der Waals surface area contributed by atoms with Crippen LogP contribution >= 0.6 is 11.5 Å². The third kappa shape index (κ3) is 1.45. The maximum absolute atomic E-state index is 8.79. The summed E-state index contributed by atoms with van der Waals surface area (Å²) in [6, 6.07) is 2.58. The van der Waals surface area contributed by atoms with Crippen LogP contribution in [0.5, 0.6) is 0 Å². The molecule has 1 aliphatic rings. The lowest BCUT2D eigenvalue weighted by molar-refractivity contribution is 0.446. The van der Waals surface area contributed by atoms with E-state index in [9.17, 15) is 0 Å². The normalized spacial score (nSPS) is 16.2. The Bertz CT molecular complexity index is 348. The van der Waals surface area contributed by atoms with Crippen molar-refractivity contribution in [3.63, 3.8) is 0 Å². The van der Waals surface area contributed by atoms with Gasteiger partial charge in [-0.05, 0) is 30.8 Å². The smallest absolute Gasteiger partial charge is 0.157 e. The molecule has 0 aromatic carbocycles. The van der Waals surface area contributed by atoms with Crippen molar-refractivity contribution in [1.29, 1.82) is 5.26 Å². The minimum Gasteiger partial charge on any atom is -0.382 e. The molecule has 2 rings (SSSR count). The van der Waals surface area contributed by atoms with E-state index in [4.69, 9.17) is 11.0 Å². The van der Waals surface area contributed by atoms with Crippen molar-refractivity contribution in [2.75, 3.05) is 11.1 Å². The second-order valence-electron chi connectivity index (χ2n) is 3.16. The molecule has 0 saturated heterocycles. The first-order valence-corrected chi connectivity index (χ1v) is 5.00. The highest BCUT2D eigenvalue weighted by Gasteiger charge is 2.20. The van der Waals surface area contributed by atoms with Gasteiger partial charge in [-0.1, -0.05) is 0 Å². The molecule has 0 radical (unpaired) electrons. The number of nitriles is 1. The molecule has 3 N–H and O–H groups in total. The van der Waals surface area contributed by atoms with Crippen LogP contribution in [0.2, 0.25) is 0 Å². The van der Waals surface area contributed by atoms with E-state index < -0.39 is 0 Å². The first kappa shape index (κ1) is 8.32. The maximum atomic E-state index is 8.79. The van der Waals surface area contributed by atoms with Gasteiger partial charge >= 0.3 is 0 Å². The van der Waals surface area contributed by atoms with Gasteiger partial charge in [-0.2, -0.15) is 9.64 Å². The van der Waals surface area contributed by atoms with E-state index >= 15 is 0 Å². The van der Waals surface area contributed by atoms with Gasteiger partial charge in [-0.25, -0.2) is 0 Å². The van der Waals surface area contributed by atoms with Gasteiger partial charge < -0.3 is 11.1 Å². The highest BCUT2D eigenvalue weighted by molar-refractivity contribution is 7.10. The van der Waals surface area contributed by atoms with Gasteiger partial charge in [0.25, 0.3) is 0 Å². The van der Waals surface area contributed by atoms with Crippen LogP contribution in [0.1, 0.15) is 24.8 Å². The van der Waals surface area contributed by atoms with E-state index in [1.54, 1.807) is 0 Å². The first-order chi connectivity index (χ1) is 6.31. The van der Waals surface area contributed by atoms with Crippen LogP contribution < -0.4 is 11.1 Å². The number of hydrogen-bond donors (Lipinski definition) is 2. The van der Waals surface area contributed by atoms with Gasteiger partial charge in [-0.3, -0.25) is 0 Å². The highest BCUT2D eigenvalue weighted by Crippen LogP contribution is 2.30. The summed E-state index contributed by atoms with van der Waals surface area (Å²) in [4.78, 5) is 0. The number of anilines is 2. The number of nitrogens with zero attached hydrogens (tertiary/aromatic N) is 2. The van der Waals surface area contributed by atoms with Crippen LogP contribution in [-0.2, 0) is 0 Å². The molecule has 0 aliphatic heterocycles. The Hall–Kier alpha value is -1.28. The molecule has 1 fully saturated rings. The van der Waals surface area contributed by atoms with Crippen molar-refractivity contribution < 1.29 is 0 Å². The van der Waals surface area contributed by atoms with Crippen LogP contribution in [0.15, 0.2) is 0 Å². The molecule has 1 aromatic heterocycles. The Morgan fingerprint density at radius 2 is 2.38 bits per heavy atom. The summed E-state index contributed by atoms with van der Waals surface area (Å²) < 4.78 is 3.93. The zero-order valence-electron chi connectivity index (χ0n) is 7.08. The highest BCUT2D eigenvalue weighted by atomic mass is 32.1. The lowest BCUT2D eigenvalue weighted by Gasteiger charge is -2.26. The Morgan fingerprint density at radius 3 is 2.92 bits per heavy atom. The second kappa shape index (κ2) is 3.23. The van der Waals surface area contributed by atoms with Crippen LogP contribution in [0.3, 0.4) is 0 Å². The molecular formula is C8H10N4S. The molecule has 4 nitrogen and oxygen atoms in total. The van der Waals surface area contributed by atoms with Gasteiger partial charge in [0, 0.05) is 6.04 Å². The Kier molecular flexibility index (Phi) is 2.07. The molecule has 1 aromatic rings. The summed E-state index contributed by atoms with van der Waals surface area (Å²) in [5, 5.41) is 12.9. The minimum absolute atomic E-state index is 0.342. The fourth-order valence-corrected chi connectivity index (χ4v) is 1.99. The lowest BCUT2D eigenvalue weighted by Crippen LogP contribution is -2.26. The number of hydrogen-bond acceptors (Lipinski definition) is 5. The summed E-state index contributed by atoms with van der Waals surface area (Å²) in [7, 11) is 0. The maximum Gasteiger partial charge on any atom is 0.157 e. The van der Waals surface area contributed by atoms with E-state index in [0.29, 0.717) is 17.4 Å². The molecule has 1 aliphatic carbocycles. The largest absolute Gasteiger partial charge is 0.382 e. The fourth-order valence-electron chi connectivity index (χ4n) is 1.25. The third-order valence-corrected chi connectivity index (χ3v) is 3.06. The van der Waals surface area contributed by atoms with Crippen LogP contribution in [0, 0.1) is 11.3 Å². The van der Waals surface area contributed by atoms with Crippen molar-refractivity contribution >= 4 is 22.4 Å².